The summed E-state index contributed by atoms with van der Waals surface area (Å²) in [6.07, 6.45) is 13.2. The number of hydrogen-bond donors (Lipinski definition) is 4. The second-order valence-electron chi connectivity index (χ2n) is 19.0. The van der Waals surface area contributed by atoms with Crippen molar-refractivity contribution in [1.82, 2.24) is 21.3 Å². The van der Waals surface area contributed by atoms with Gasteiger partial charge in [-0.3, -0.25) is 19.2 Å². The molecule has 0 bridgehead atoms. The number of carbonyl (C=O) groups is 5. The lowest BCUT2D eigenvalue weighted by molar-refractivity contribution is -0.143. The van der Waals surface area contributed by atoms with Gasteiger partial charge in [0.05, 0.1) is 28.6 Å². The first-order valence-electron chi connectivity index (χ1n) is 20.4. The number of nitrogens with one attached hydrogen (secondary N) is 4. The van der Waals surface area contributed by atoms with Crippen LogP contribution in [0.25, 0.3) is 0 Å². The van der Waals surface area contributed by atoms with Gasteiger partial charge in [-0.1, -0.05) is 79.2 Å². The predicted molar refractivity (Wildman–Crippen MR) is 205 cm³/mol. The largest absolute Gasteiger partial charge is 0.346 e. The summed E-state index contributed by atoms with van der Waals surface area (Å²) in [6.45, 7) is 14.0. The minimum atomic E-state index is -3.34. The summed E-state index contributed by atoms with van der Waals surface area (Å²) in [4.78, 5) is 67.8. The van der Waals surface area contributed by atoms with E-state index in [9.17, 15) is 32.4 Å². The number of sulfone groups is 1. The van der Waals surface area contributed by atoms with E-state index in [4.69, 9.17) is 0 Å². The Morgan fingerprint density at radius 2 is 1.57 bits per heavy atom. The second-order valence-corrected chi connectivity index (χ2v) is 21.3. The molecule has 298 valence electrons. The molecule has 0 aromatic heterocycles. The lowest BCUT2D eigenvalue weighted by Crippen LogP contribution is -2.64. The Hall–Kier alpha value is -2.76. The Morgan fingerprint density at radius 3 is 2.17 bits per heavy atom. The second kappa shape index (κ2) is 16.5. The highest BCUT2D eigenvalue weighted by atomic mass is 32.2. The summed E-state index contributed by atoms with van der Waals surface area (Å²) in [6, 6.07) is -2.12. The van der Waals surface area contributed by atoms with Crippen molar-refractivity contribution in [3.05, 3.63) is 12.7 Å². The van der Waals surface area contributed by atoms with Crippen LogP contribution in [-0.4, -0.2) is 73.0 Å². The molecule has 4 aliphatic carbocycles. The number of Topliss-reactive ketones (excluding diaryl/α,β-unsaturated/α-hetero) is 2. The zero-order valence-electron chi connectivity index (χ0n) is 32.9. The van der Waals surface area contributed by atoms with Crippen molar-refractivity contribution in [2.75, 3.05) is 12.3 Å². The molecule has 4 N–H and O–H groups in total. The predicted octanol–water partition coefficient (Wildman–Crippen LogP) is 5.56. The fourth-order valence-electron chi connectivity index (χ4n) is 10.6. The minimum Gasteiger partial charge on any atom is -0.346 e. The van der Waals surface area contributed by atoms with Crippen molar-refractivity contribution in [3.8, 4) is 0 Å². The van der Waals surface area contributed by atoms with Crippen LogP contribution < -0.4 is 21.3 Å². The Bertz CT molecular complexity index is 1510. The van der Waals surface area contributed by atoms with Crippen molar-refractivity contribution in [1.29, 1.82) is 0 Å². The zero-order valence-corrected chi connectivity index (χ0v) is 33.7. The van der Waals surface area contributed by atoms with Gasteiger partial charge in [0.1, 0.15) is 0 Å². The maximum Gasteiger partial charge on any atom is 0.315 e. The first kappa shape index (κ1) is 41.4. The molecular weight excluding hydrogens is 693 g/mol. The molecule has 1 aliphatic heterocycles. The van der Waals surface area contributed by atoms with Crippen LogP contribution in [0.15, 0.2) is 12.7 Å². The molecule has 0 aromatic rings. The molecule has 5 fully saturated rings. The highest BCUT2D eigenvalue weighted by Gasteiger charge is 2.55. The van der Waals surface area contributed by atoms with E-state index in [-0.39, 0.29) is 59.5 Å². The normalized spacial score (nSPS) is 30.1. The summed E-state index contributed by atoms with van der Waals surface area (Å²) < 4.78 is 26.5. The average molecular weight is 759 g/mol. The summed E-state index contributed by atoms with van der Waals surface area (Å²) in [7, 11) is -3.34. The van der Waals surface area contributed by atoms with Crippen molar-refractivity contribution in [2.45, 2.75) is 160 Å². The first-order chi connectivity index (χ1) is 24.9. The lowest BCUT2D eigenvalue weighted by atomic mass is 9.50. The molecule has 12 heteroatoms. The van der Waals surface area contributed by atoms with Crippen LogP contribution >= 0.6 is 0 Å². The van der Waals surface area contributed by atoms with Crippen LogP contribution in [0.3, 0.4) is 0 Å². The van der Waals surface area contributed by atoms with Crippen molar-refractivity contribution >= 4 is 39.2 Å². The summed E-state index contributed by atoms with van der Waals surface area (Å²) in [5.74, 6) is -1.04. The number of hydrogen-bond acceptors (Lipinski definition) is 7. The van der Waals surface area contributed by atoms with Gasteiger partial charge in [0, 0.05) is 18.9 Å². The minimum absolute atomic E-state index is 0.0317. The van der Waals surface area contributed by atoms with Gasteiger partial charge < -0.3 is 21.3 Å². The van der Waals surface area contributed by atoms with Crippen molar-refractivity contribution < 1.29 is 32.4 Å². The molecule has 53 heavy (non-hydrogen) atoms. The Kier molecular flexibility index (Phi) is 12.9. The number of urea groups is 1. The maximum atomic E-state index is 14.2. The quantitative estimate of drug-likeness (QED) is 0.133. The third-order valence-corrected chi connectivity index (χ3v) is 15.7. The van der Waals surface area contributed by atoms with E-state index in [1.807, 2.05) is 20.8 Å². The van der Waals surface area contributed by atoms with Gasteiger partial charge in [-0.2, -0.15) is 0 Å². The van der Waals surface area contributed by atoms with Gasteiger partial charge in [-0.05, 0) is 92.3 Å². The fourth-order valence-corrected chi connectivity index (χ4v) is 13.0. The number of rotatable bonds is 14. The maximum absolute atomic E-state index is 14.2. The van der Waals surface area contributed by atoms with Crippen LogP contribution in [-0.2, 0) is 29.0 Å². The van der Waals surface area contributed by atoms with E-state index >= 15 is 0 Å². The molecule has 0 spiro atoms. The number of ketones is 2. The fraction of sp³-hybridized carbons (Fsp3) is 0.829. The topological polar surface area (TPSA) is 168 Å². The third-order valence-electron chi connectivity index (χ3n) is 13.3. The van der Waals surface area contributed by atoms with Crippen LogP contribution in [0, 0.1) is 40.4 Å². The van der Waals surface area contributed by atoms with Gasteiger partial charge in [-0.15, -0.1) is 6.58 Å². The van der Waals surface area contributed by atoms with E-state index in [1.54, 1.807) is 0 Å². The molecule has 7 unspecified atom stereocenters. The van der Waals surface area contributed by atoms with E-state index in [2.05, 4.69) is 41.7 Å². The van der Waals surface area contributed by atoms with Gasteiger partial charge >= 0.3 is 6.03 Å². The smallest absolute Gasteiger partial charge is 0.315 e. The summed E-state index contributed by atoms with van der Waals surface area (Å²) >= 11 is 0. The molecule has 7 atom stereocenters. The summed E-state index contributed by atoms with van der Waals surface area (Å²) in [5, 5.41) is 11.1. The molecule has 5 rings (SSSR count). The monoisotopic (exact) mass is 758 g/mol. The van der Waals surface area contributed by atoms with E-state index < -0.39 is 55.8 Å². The van der Waals surface area contributed by atoms with Crippen LogP contribution in [0.2, 0.25) is 0 Å². The average Bonchev–Trinajstić information content (AvgIpc) is 3.91. The molecular formula is C41H66N4O7S. The molecule has 4 saturated carbocycles. The van der Waals surface area contributed by atoms with Crippen LogP contribution in [0.4, 0.5) is 4.79 Å². The zero-order chi connectivity index (χ0) is 38.8. The van der Waals surface area contributed by atoms with Crippen molar-refractivity contribution in [3.63, 3.8) is 0 Å². The number of amides is 4. The van der Waals surface area contributed by atoms with E-state index in [1.165, 1.54) is 6.08 Å². The van der Waals surface area contributed by atoms with Gasteiger partial charge in [-0.25, -0.2) is 13.2 Å². The first-order valence-corrected chi connectivity index (χ1v) is 22.1. The Morgan fingerprint density at radius 1 is 0.887 bits per heavy atom. The molecule has 11 nitrogen and oxygen atoms in total. The molecule has 0 radical (unpaired) electrons. The SMILES string of the molecule is C=CCNC(=O)C(=O)C(CC1CC1)NC(=O)C1CCC(CC(=O)C(NC(=O)NC2(C3CCCCS3(=O)=O)CCCCC2)C(C)(C)C)CC2CC(C)(C)C21. The van der Waals surface area contributed by atoms with E-state index in [0.29, 0.717) is 50.9 Å². The Labute approximate surface area is 317 Å². The van der Waals surface area contributed by atoms with E-state index in [0.717, 1.165) is 51.4 Å². The molecule has 0 aromatic carbocycles. The van der Waals surface area contributed by atoms with Gasteiger partial charge in [0.15, 0.2) is 15.6 Å². The van der Waals surface area contributed by atoms with Crippen molar-refractivity contribution in [2.24, 2.45) is 40.4 Å². The molecule has 5 aliphatic rings. The molecule has 4 amide bonds. The highest BCUT2D eigenvalue weighted by molar-refractivity contribution is 7.92. The summed E-state index contributed by atoms with van der Waals surface area (Å²) in [5.41, 5.74) is -1.48. The van der Waals surface area contributed by atoms with Gasteiger partial charge in [0.2, 0.25) is 11.7 Å². The highest BCUT2D eigenvalue weighted by Crippen LogP contribution is 2.59. The van der Waals surface area contributed by atoms with Crippen LogP contribution in [0.5, 0.6) is 0 Å². The lowest BCUT2D eigenvalue weighted by Gasteiger charge is -2.54. The number of carbonyl (C=O) groups excluding carboxylic acids is 5. The van der Waals surface area contributed by atoms with Crippen LogP contribution in [0.1, 0.15) is 137 Å². The molecule has 1 heterocycles. The molecule has 1 saturated heterocycles. The third kappa shape index (κ3) is 9.92. The number of fused-ring (bicyclic) bond motifs is 1. The standard InChI is InChI=1S/C41H66N4O7S/c1-7-20-42-37(49)34(47)30(23-26-14-15-26)43-36(48)29-17-16-27(22-28-25-40(5,6)33(28)29)24-31(46)35(39(2,3)4)44-38(50)45-41(18-10-8-11-19-41)32-13-9-12-21-53(32,51)52/h7,26-30,32-33,35H,1,8-25H2,2-6H3,(H,42,49)(H,43,48)(H2,44,45,50). The van der Waals surface area contributed by atoms with Gasteiger partial charge in [0.25, 0.3) is 5.91 Å². The Balaban J connectivity index is 1.26.